The van der Waals surface area contributed by atoms with Crippen LogP contribution in [0.2, 0.25) is 0 Å². The first-order valence-corrected chi connectivity index (χ1v) is 11.9. The average molecular weight is 369 g/mol. The van der Waals surface area contributed by atoms with Gasteiger partial charge in [-0.25, -0.2) is 4.79 Å². The summed E-state index contributed by atoms with van der Waals surface area (Å²) in [4.78, 5) is 21.7. The molecule has 0 radical (unpaired) electrons. The largest absolute Gasteiger partial charge is 0.444 e. The molecule has 0 aromatic carbocycles. The molecule has 0 saturated heterocycles. The van der Waals surface area contributed by atoms with E-state index in [4.69, 9.17) is 21.1 Å². The van der Waals surface area contributed by atoms with E-state index in [1.165, 1.54) is 24.2 Å². The maximum absolute atomic E-state index is 11.5. The van der Waals surface area contributed by atoms with Crippen molar-refractivity contribution in [3.63, 3.8) is 0 Å². The lowest BCUT2D eigenvalue weighted by Gasteiger charge is -2.28. The molecule has 0 heterocycles. The summed E-state index contributed by atoms with van der Waals surface area (Å²) in [6.07, 6.45) is 4.13. The Bertz CT molecular complexity index is 414. The van der Waals surface area contributed by atoms with Gasteiger partial charge in [-0.3, -0.25) is 0 Å². The zero-order valence-electron chi connectivity index (χ0n) is 13.8. The van der Waals surface area contributed by atoms with Crippen molar-refractivity contribution in [3.8, 4) is 0 Å². The SMILES string of the molecule is CC1CCCC(SP(O)(=S)OCCNC(=O)OC(C)(C)C)C1. The van der Waals surface area contributed by atoms with Crippen molar-refractivity contribution in [2.45, 2.75) is 64.2 Å². The molecule has 22 heavy (non-hydrogen) atoms. The fraction of sp³-hybridized carbons (Fsp3) is 0.929. The Morgan fingerprint density at radius 1 is 1.45 bits per heavy atom. The topological polar surface area (TPSA) is 67.8 Å². The Hall–Kier alpha value is 0.190. The number of carbonyl (C=O) groups excluding carboxylic acids is 1. The van der Waals surface area contributed by atoms with Crippen molar-refractivity contribution in [3.05, 3.63) is 0 Å². The fourth-order valence-electron chi connectivity index (χ4n) is 2.32. The molecule has 5 nitrogen and oxygen atoms in total. The predicted molar refractivity (Wildman–Crippen MR) is 95.7 cm³/mol. The molecule has 0 spiro atoms. The third kappa shape index (κ3) is 9.36. The molecular weight excluding hydrogens is 341 g/mol. The predicted octanol–water partition coefficient (Wildman–Crippen LogP) is 4.06. The molecule has 0 aromatic rings. The smallest absolute Gasteiger partial charge is 0.407 e. The van der Waals surface area contributed by atoms with Crippen LogP contribution in [0.3, 0.4) is 0 Å². The van der Waals surface area contributed by atoms with Crippen LogP contribution in [-0.4, -0.2) is 35.0 Å². The van der Waals surface area contributed by atoms with Crippen LogP contribution in [0, 0.1) is 5.92 Å². The molecular formula is C14H28NO4PS2. The molecule has 1 saturated carbocycles. The highest BCUT2D eigenvalue weighted by Crippen LogP contribution is 2.60. The number of carbonyl (C=O) groups is 1. The molecule has 1 aliphatic rings. The number of nitrogens with one attached hydrogen (secondary N) is 1. The third-order valence-electron chi connectivity index (χ3n) is 3.20. The second kappa shape index (κ2) is 8.88. The van der Waals surface area contributed by atoms with Crippen LogP contribution in [0.1, 0.15) is 53.4 Å². The Labute approximate surface area is 142 Å². The van der Waals surface area contributed by atoms with Crippen LogP contribution < -0.4 is 5.32 Å². The van der Waals surface area contributed by atoms with Crippen molar-refractivity contribution in [2.24, 2.45) is 5.92 Å². The van der Waals surface area contributed by atoms with Crippen LogP contribution in [0.5, 0.6) is 0 Å². The first kappa shape index (κ1) is 20.2. The van der Waals surface area contributed by atoms with Crippen LogP contribution in [-0.2, 0) is 21.1 Å². The lowest BCUT2D eigenvalue weighted by molar-refractivity contribution is 0.0520. The van der Waals surface area contributed by atoms with Gasteiger partial charge in [-0.05, 0) is 51.3 Å². The number of amides is 1. The van der Waals surface area contributed by atoms with Gasteiger partial charge in [0.05, 0.1) is 6.61 Å². The molecule has 3 unspecified atom stereocenters. The van der Waals surface area contributed by atoms with E-state index >= 15 is 0 Å². The first-order valence-electron chi connectivity index (χ1n) is 7.70. The molecule has 1 aliphatic carbocycles. The standard InChI is InChI=1S/C14H28NO4PS2/c1-11-6-5-7-12(10-11)22-20(17,21)18-9-8-15-13(16)19-14(2,3)4/h11-12H,5-10H2,1-4H3,(H,15,16)(H,17,21). The molecule has 1 amide bonds. The van der Waals surface area contributed by atoms with Gasteiger partial charge in [0.15, 0.2) is 0 Å². The summed E-state index contributed by atoms with van der Waals surface area (Å²) in [6.45, 7) is 8.12. The van der Waals surface area contributed by atoms with Gasteiger partial charge < -0.3 is 19.5 Å². The summed E-state index contributed by atoms with van der Waals surface area (Å²) in [7, 11) is 0. The number of hydrogen-bond donors (Lipinski definition) is 2. The lowest BCUT2D eigenvalue weighted by atomic mass is 9.91. The van der Waals surface area contributed by atoms with E-state index in [-0.39, 0.29) is 13.2 Å². The molecule has 0 bridgehead atoms. The molecule has 1 rings (SSSR count). The normalized spacial score (nSPS) is 25.3. The van der Waals surface area contributed by atoms with E-state index in [9.17, 15) is 9.69 Å². The Balaban J connectivity index is 2.22. The van der Waals surface area contributed by atoms with E-state index in [0.717, 1.165) is 12.8 Å². The van der Waals surface area contributed by atoms with E-state index in [1.807, 2.05) is 0 Å². The molecule has 0 aliphatic heterocycles. The number of rotatable bonds is 6. The summed E-state index contributed by atoms with van der Waals surface area (Å²) >= 11 is 6.60. The van der Waals surface area contributed by atoms with E-state index in [2.05, 4.69) is 12.2 Å². The highest BCUT2D eigenvalue weighted by molar-refractivity contribution is 8.67. The molecule has 130 valence electrons. The third-order valence-corrected chi connectivity index (χ3v) is 7.80. The molecule has 2 N–H and O–H groups in total. The summed E-state index contributed by atoms with van der Waals surface area (Å²) in [6, 6.07) is 0. The van der Waals surface area contributed by atoms with Crippen molar-refractivity contribution >= 4 is 35.0 Å². The maximum Gasteiger partial charge on any atom is 0.407 e. The minimum absolute atomic E-state index is 0.197. The molecule has 0 aromatic heterocycles. The van der Waals surface area contributed by atoms with Crippen molar-refractivity contribution < 1.29 is 18.9 Å². The van der Waals surface area contributed by atoms with E-state index in [0.29, 0.717) is 11.2 Å². The van der Waals surface area contributed by atoms with Crippen LogP contribution in [0.25, 0.3) is 0 Å². The second-order valence-corrected chi connectivity index (χ2v) is 13.1. The maximum atomic E-state index is 11.5. The number of hydrogen-bond acceptors (Lipinski definition) is 5. The summed E-state index contributed by atoms with van der Waals surface area (Å²) in [5, 5.41) is 2.97. The average Bonchev–Trinajstić information content (AvgIpc) is 2.32. The monoisotopic (exact) mass is 369 g/mol. The summed E-state index contributed by atoms with van der Waals surface area (Å²) < 4.78 is 10.5. The molecule has 8 heteroatoms. The number of ether oxygens (including phenoxy) is 1. The van der Waals surface area contributed by atoms with Crippen LogP contribution in [0.15, 0.2) is 0 Å². The molecule has 1 fully saturated rings. The minimum Gasteiger partial charge on any atom is -0.444 e. The second-order valence-electron chi connectivity index (χ2n) is 6.73. The first-order chi connectivity index (χ1) is 10.1. The van der Waals surface area contributed by atoms with Crippen molar-refractivity contribution in [2.75, 3.05) is 13.2 Å². The van der Waals surface area contributed by atoms with Gasteiger partial charge in [0.1, 0.15) is 5.60 Å². The van der Waals surface area contributed by atoms with E-state index in [1.54, 1.807) is 20.8 Å². The van der Waals surface area contributed by atoms with Gasteiger partial charge in [0.2, 0.25) is 5.69 Å². The van der Waals surface area contributed by atoms with Crippen LogP contribution >= 0.6 is 17.1 Å². The highest BCUT2D eigenvalue weighted by atomic mass is 32.9. The van der Waals surface area contributed by atoms with E-state index < -0.39 is 17.4 Å². The summed E-state index contributed by atoms with van der Waals surface area (Å²) in [5.41, 5.74) is -3.35. The zero-order valence-corrected chi connectivity index (χ0v) is 16.4. The quantitative estimate of drug-likeness (QED) is 0.544. The van der Waals surface area contributed by atoms with Crippen LogP contribution in [0.4, 0.5) is 4.79 Å². The Morgan fingerprint density at radius 3 is 2.73 bits per heavy atom. The fourth-order valence-corrected chi connectivity index (χ4v) is 7.20. The highest BCUT2D eigenvalue weighted by Gasteiger charge is 2.26. The van der Waals surface area contributed by atoms with Gasteiger partial charge in [-0.2, -0.15) is 0 Å². The van der Waals surface area contributed by atoms with Crippen molar-refractivity contribution in [1.82, 2.24) is 5.32 Å². The van der Waals surface area contributed by atoms with Gasteiger partial charge in [0.25, 0.3) is 0 Å². The van der Waals surface area contributed by atoms with Gasteiger partial charge >= 0.3 is 6.09 Å². The zero-order chi connectivity index (χ0) is 16.8. The Morgan fingerprint density at radius 2 is 2.14 bits per heavy atom. The van der Waals surface area contributed by atoms with Gasteiger partial charge in [0, 0.05) is 11.8 Å². The molecule has 3 atom stereocenters. The Kier molecular flexibility index (Phi) is 8.17. The summed E-state index contributed by atoms with van der Waals surface area (Å²) in [5.74, 6) is 0.690. The number of alkyl carbamates (subject to hydrolysis) is 1. The minimum atomic E-state index is -2.83. The van der Waals surface area contributed by atoms with Gasteiger partial charge in [-0.15, -0.1) is 0 Å². The lowest BCUT2D eigenvalue weighted by Crippen LogP contribution is -2.34. The van der Waals surface area contributed by atoms with Gasteiger partial charge in [-0.1, -0.05) is 31.1 Å². The van der Waals surface area contributed by atoms with Crippen molar-refractivity contribution in [1.29, 1.82) is 0 Å².